The molecular formula is C10H12N2O3. The first-order chi connectivity index (χ1) is 7.10. The lowest BCUT2D eigenvalue weighted by atomic mass is 10.0. The first-order valence-corrected chi connectivity index (χ1v) is 4.43. The van der Waals surface area contributed by atoms with Crippen molar-refractivity contribution in [1.82, 2.24) is 4.98 Å². The van der Waals surface area contributed by atoms with Crippen LogP contribution in [0.3, 0.4) is 0 Å². The van der Waals surface area contributed by atoms with E-state index >= 15 is 0 Å². The number of hydrogen-bond acceptors (Lipinski definition) is 5. The number of aryl methyl sites for hydroxylation is 1. The van der Waals surface area contributed by atoms with Crippen LogP contribution in [0, 0.1) is 18.3 Å². The van der Waals surface area contributed by atoms with Crippen molar-refractivity contribution in [1.29, 1.82) is 5.26 Å². The Bertz CT molecular complexity index is 387. The Balaban J connectivity index is 2.98. The second kappa shape index (κ2) is 4.84. The van der Waals surface area contributed by atoms with Gasteiger partial charge in [0.1, 0.15) is 24.0 Å². The molecule has 0 saturated heterocycles. The minimum atomic E-state index is -1.24. The van der Waals surface area contributed by atoms with Gasteiger partial charge in [-0.15, -0.1) is 0 Å². The van der Waals surface area contributed by atoms with Gasteiger partial charge in [-0.25, -0.2) is 4.98 Å². The van der Waals surface area contributed by atoms with Gasteiger partial charge in [-0.3, -0.25) is 0 Å². The van der Waals surface area contributed by atoms with Crippen molar-refractivity contribution in [2.45, 2.75) is 19.1 Å². The van der Waals surface area contributed by atoms with E-state index in [2.05, 4.69) is 4.98 Å². The zero-order valence-electron chi connectivity index (χ0n) is 8.25. The van der Waals surface area contributed by atoms with Crippen molar-refractivity contribution in [3.8, 4) is 6.07 Å². The van der Waals surface area contributed by atoms with Crippen molar-refractivity contribution >= 4 is 0 Å². The monoisotopic (exact) mass is 208 g/mol. The van der Waals surface area contributed by atoms with Gasteiger partial charge in [-0.2, -0.15) is 5.26 Å². The number of aliphatic hydroxyl groups excluding tert-OH is 3. The smallest absolute Gasteiger partial charge is 0.143 e. The molecule has 2 unspecified atom stereocenters. The van der Waals surface area contributed by atoms with Crippen LogP contribution in [0.2, 0.25) is 0 Å². The average Bonchev–Trinajstić information content (AvgIpc) is 2.26. The van der Waals surface area contributed by atoms with Gasteiger partial charge in [0.15, 0.2) is 0 Å². The SMILES string of the molecule is Cc1cc(C(O)C(O)CO)cnc1C#N. The fourth-order valence-electron chi connectivity index (χ4n) is 1.20. The van der Waals surface area contributed by atoms with Crippen LogP contribution >= 0.6 is 0 Å². The topological polar surface area (TPSA) is 97.4 Å². The summed E-state index contributed by atoms with van der Waals surface area (Å²) in [6.45, 7) is 1.16. The Labute approximate surface area is 87.3 Å². The van der Waals surface area contributed by atoms with Crippen LogP contribution in [0.4, 0.5) is 0 Å². The summed E-state index contributed by atoms with van der Waals surface area (Å²) < 4.78 is 0. The summed E-state index contributed by atoms with van der Waals surface area (Å²) in [5.74, 6) is 0. The second-order valence-corrected chi connectivity index (χ2v) is 3.24. The Morgan fingerprint density at radius 2 is 2.20 bits per heavy atom. The lowest BCUT2D eigenvalue weighted by Gasteiger charge is -2.15. The molecule has 0 fully saturated rings. The molecule has 0 saturated carbocycles. The molecule has 0 radical (unpaired) electrons. The predicted molar refractivity (Wildman–Crippen MR) is 51.7 cm³/mol. The van der Waals surface area contributed by atoms with E-state index in [9.17, 15) is 10.2 Å². The van der Waals surface area contributed by atoms with Crippen molar-refractivity contribution < 1.29 is 15.3 Å². The van der Waals surface area contributed by atoms with E-state index in [-0.39, 0.29) is 5.69 Å². The van der Waals surface area contributed by atoms with Crippen molar-refractivity contribution in [2.75, 3.05) is 6.61 Å². The van der Waals surface area contributed by atoms with Gasteiger partial charge in [0.2, 0.25) is 0 Å². The molecule has 1 aromatic rings. The van der Waals surface area contributed by atoms with Gasteiger partial charge < -0.3 is 15.3 Å². The molecule has 0 amide bonds. The number of pyridine rings is 1. The van der Waals surface area contributed by atoms with Crippen LogP contribution in [-0.2, 0) is 0 Å². The van der Waals surface area contributed by atoms with E-state index in [0.29, 0.717) is 11.1 Å². The molecule has 1 heterocycles. The third-order valence-electron chi connectivity index (χ3n) is 2.10. The highest BCUT2D eigenvalue weighted by Gasteiger charge is 2.18. The van der Waals surface area contributed by atoms with E-state index in [4.69, 9.17) is 10.4 Å². The van der Waals surface area contributed by atoms with Crippen LogP contribution < -0.4 is 0 Å². The number of aromatic nitrogens is 1. The molecule has 80 valence electrons. The summed E-state index contributed by atoms with van der Waals surface area (Å²) in [7, 11) is 0. The highest BCUT2D eigenvalue weighted by molar-refractivity contribution is 5.33. The highest BCUT2D eigenvalue weighted by atomic mass is 16.4. The minimum absolute atomic E-state index is 0.282. The van der Waals surface area contributed by atoms with E-state index in [1.54, 1.807) is 13.0 Å². The second-order valence-electron chi connectivity index (χ2n) is 3.24. The number of nitrogens with zero attached hydrogens (tertiary/aromatic N) is 2. The van der Waals surface area contributed by atoms with E-state index in [1.165, 1.54) is 6.20 Å². The zero-order valence-corrected chi connectivity index (χ0v) is 8.25. The van der Waals surface area contributed by atoms with Crippen LogP contribution in [0.25, 0.3) is 0 Å². The number of aliphatic hydroxyl groups is 3. The fourth-order valence-corrected chi connectivity index (χ4v) is 1.20. The predicted octanol–water partition coefficient (Wildman–Crippen LogP) is -0.352. The largest absolute Gasteiger partial charge is 0.394 e. The molecule has 3 N–H and O–H groups in total. The summed E-state index contributed by atoms with van der Waals surface area (Å²) in [5.41, 5.74) is 1.29. The van der Waals surface area contributed by atoms with Crippen LogP contribution in [0.5, 0.6) is 0 Å². The van der Waals surface area contributed by atoms with Gasteiger partial charge >= 0.3 is 0 Å². The average molecular weight is 208 g/mol. The molecule has 2 atom stereocenters. The van der Waals surface area contributed by atoms with Gasteiger partial charge in [0, 0.05) is 11.8 Å². The maximum Gasteiger partial charge on any atom is 0.143 e. The molecule has 0 bridgehead atoms. The van der Waals surface area contributed by atoms with Crippen LogP contribution in [0.15, 0.2) is 12.3 Å². The van der Waals surface area contributed by atoms with E-state index in [1.807, 2.05) is 6.07 Å². The molecule has 0 aromatic carbocycles. The normalized spacial score (nSPS) is 14.3. The minimum Gasteiger partial charge on any atom is -0.394 e. The van der Waals surface area contributed by atoms with E-state index < -0.39 is 18.8 Å². The molecule has 15 heavy (non-hydrogen) atoms. The summed E-state index contributed by atoms with van der Waals surface area (Å²) >= 11 is 0. The lowest BCUT2D eigenvalue weighted by Crippen LogP contribution is -2.22. The number of nitriles is 1. The Hall–Kier alpha value is -1.48. The molecule has 0 aliphatic carbocycles. The third kappa shape index (κ3) is 2.50. The maximum absolute atomic E-state index is 9.54. The quantitative estimate of drug-likeness (QED) is 0.630. The number of hydrogen-bond donors (Lipinski definition) is 3. The molecule has 0 aliphatic heterocycles. The van der Waals surface area contributed by atoms with Crippen LogP contribution in [-0.4, -0.2) is 33.0 Å². The van der Waals surface area contributed by atoms with Gasteiger partial charge in [0.05, 0.1) is 6.61 Å². The Kier molecular flexibility index (Phi) is 3.74. The first-order valence-electron chi connectivity index (χ1n) is 4.43. The Morgan fingerprint density at radius 1 is 1.53 bits per heavy atom. The first kappa shape index (κ1) is 11.6. The molecule has 0 aliphatic rings. The molecule has 1 rings (SSSR count). The Morgan fingerprint density at radius 3 is 2.67 bits per heavy atom. The maximum atomic E-state index is 9.54. The summed E-state index contributed by atoms with van der Waals surface area (Å²) in [6, 6.07) is 3.46. The summed E-state index contributed by atoms with van der Waals surface area (Å²) in [5, 5.41) is 36.0. The highest BCUT2D eigenvalue weighted by Crippen LogP contribution is 2.18. The molecule has 5 heteroatoms. The fraction of sp³-hybridized carbons (Fsp3) is 0.400. The number of rotatable bonds is 3. The van der Waals surface area contributed by atoms with Gasteiger partial charge in [-0.1, -0.05) is 0 Å². The molecule has 0 spiro atoms. The standard InChI is InChI=1S/C10H12N2O3/c1-6-2-7(4-12-8(6)3-11)10(15)9(14)5-13/h2,4,9-10,13-15H,5H2,1H3. The lowest BCUT2D eigenvalue weighted by molar-refractivity contribution is -0.0154. The van der Waals surface area contributed by atoms with E-state index in [0.717, 1.165) is 0 Å². The molecule has 5 nitrogen and oxygen atoms in total. The third-order valence-corrected chi connectivity index (χ3v) is 2.10. The van der Waals surface area contributed by atoms with Crippen molar-refractivity contribution in [3.05, 3.63) is 29.1 Å². The zero-order chi connectivity index (χ0) is 11.4. The molecule has 1 aromatic heterocycles. The summed E-state index contributed by atoms with van der Waals surface area (Å²) in [4.78, 5) is 3.82. The van der Waals surface area contributed by atoms with Crippen molar-refractivity contribution in [2.24, 2.45) is 0 Å². The van der Waals surface area contributed by atoms with Gasteiger partial charge in [-0.05, 0) is 18.6 Å². The summed E-state index contributed by atoms with van der Waals surface area (Å²) in [6.07, 6.45) is -1.11. The molecular weight excluding hydrogens is 196 g/mol. The van der Waals surface area contributed by atoms with Crippen molar-refractivity contribution in [3.63, 3.8) is 0 Å². The van der Waals surface area contributed by atoms with Crippen LogP contribution in [0.1, 0.15) is 22.9 Å². The van der Waals surface area contributed by atoms with Gasteiger partial charge in [0.25, 0.3) is 0 Å².